The molecule has 0 aliphatic carbocycles. The number of rotatable bonds is 22. The molecule has 0 unspecified atom stereocenters. The first-order valence-electron chi connectivity index (χ1n) is 10.5. The minimum atomic E-state index is -0.630. The lowest BCUT2D eigenvalue weighted by Gasteiger charge is -2.19. The van der Waals surface area contributed by atoms with Gasteiger partial charge in [0.1, 0.15) is 5.60 Å². The Morgan fingerprint density at radius 2 is 0.903 bits per heavy atom. The summed E-state index contributed by atoms with van der Waals surface area (Å²) in [5.41, 5.74) is 1.62. The van der Waals surface area contributed by atoms with Gasteiger partial charge in [-0.25, -0.2) is 4.79 Å². The molecule has 0 fully saturated rings. The lowest BCUT2D eigenvalue weighted by Crippen LogP contribution is -2.33. The van der Waals surface area contributed by atoms with Crippen molar-refractivity contribution in [2.75, 3.05) is 99.6 Å². The van der Waals surface area contributed by atoms with Crippen LogP contribution in [0.1, 0.15) is 20.8 Å². The Kier molecular flexibility index (Phi) is 21.4. The third-order valence-corrected chi connectivity index (χ3v) is 3.18. The third kappa shape index (κ3) is 26.9. The largest absolute Gasteiger partial charge is 0.442 e. The standard InChI is InChI=1S/C20H41NO10/c1-20(2,3)31-19(22)21-30-18-17-29-16-15-28-14-13-27-12-11-26-10-9-25-8-7-24-6-5-23-4/h5-18H2,1-4H3,(H,21,22). The molecule has 0 saturated carbocycles. The molecular weight excluding hydrogens is 414 g/mol. The van der Waals surface area contributed by atoms with Crippen molar-refractivity contribution in [1.29, 1.82) is 0 Å². The summed E-state index contributed by atoms with van der Waals surface area (Å²) in [4.78, 5) is 16.3. The predicted octanol–water partition coefficient (Wildman–Crippen LogP) is 1.19. The summed E-state index contributed by atoms with van der Waals surface area (Å²) in [6.45, 7) is 12.0. The lowest BCUT2D eigenvalue weighted by atomic mass is 10.2. The molecule has 0 bridgehead atoms. The van der Waals surface area contributed by atoms with Crippen LogP contribution < -0.4 is 5.48 Å². The first kappa shape index (κ1) is 29.9. The zero-order valence-corrected chi connectivity index (χ0v) is 19.5. The second-order valence-corrected chi connectivity index (χ2v) is 7.12. The van der Waals surface area contributed by atoms with Crippen molar-refractivity contribution in [1.82, 2.24) is 5.48 Å². The number of hydrogen-bond acceptors (Lipinski definition) is 10. The molecule has 31 heavy (non-hydrogen) atoms. The molecule has 0 aromatic carbocycles. The van der Waals surface area contributed by atoms with Crippen LogP contribution in [0.25, 0.3) is 0 Å². The number of methoxy groups -OCH3 is 1. The zero-order valence-electron chi connectivity index (χ0n) is 19.5. The van der Waals surface area contributed by atoms with Gasteiger partial charge in [0.05, 0.1) is 92.5 Å². The van der Waals surface area contributed by atoms with E-state index in [0.29, 0.717) is 85.9 Å². The van der Waals surface area contributed by atoms with E-state index in [0.717, 1.165) is 0 Å². The molecule has 0 rings (SSSR count). The van der Waals surface area contributed by atoms with Crippen LogP contribution in [0.15, 0.2) is 0 Å². The van der Waals surface area contributed by atoms with Crippen molar-refractivity contribution in [3.63, 3.8) is 0 Å². The van der Waals surface area contributed by atoms with Gasteiger partial charge in [0.2, 0.25) is 0 Å². The van der Waals surface area contributed by atoms with Crippen LogP contribution in [0.4, 0.5) is 4.79 Å². The summed E-state index contributed by atoms with van der Waals surface area (Å²) in [5, 5.41) is 0. The molecule has 0 aliphatic heterocycles. The van der Waals surface area contributed by atoms with Crippen LogP contribution in [0, 0.1) is 0 Å². The molecule has 186 valence electrons. The first-order chi connectivity index (χ1) is 15.0. The molecular formula is C20H41NO10. The van der Waals surface area contributed by atoms with Gasteiger partial charge in [0.15, 0.2) is 0 Å². The van der Waals surface area contributed by atoms with Gasteiger partial charge in [0.25, 0.3) is 0 Å². The maximum Gasteiger partial charge on any atom is 0.431 e. The highest BCUT2D eigenvalue weighted by Crippen LogP contribution is 2.06. The highest BCUT2D eigenvalue weighted by Gasteiger charge is 2.15. The van der Waals surface area contributed by atoms with Crippen LogP contribution >= 0.6 is 0 Å². The van der Waals surface area contributed by atoms with Gasteiger partial charge in [-0.1, -0.05) is 0 Å². The average molecular weight is 456 g/mol. The molecule has 1 amide bonds. The van der Waals surface area contributed by atoms with E-state index in [2.05, 4.69) is 5.48 Å². The van der Waals surface area contributed by atoms with Crippen LogP contribution in [-0.4, -0.2) is 111 Å². The van der Waals surface area contributed by atoms with Crippen molar-refractivity contribution < 1.29 is 47.5 Å². The van der Waals surface area contributed by atoms with Gasteiger partial charge in [-0.05, 0) is 20.8 Å². The molecule has 0 aromatic heterocycles. The van der Waals surface area contributed by atoms with Crippen LogP contribution in [0.3, 0.4) is 0 Å². The molecule has 0 radical (unpaired) electrons. The number of carbonyl (C=O) groups excluding carboxylic acids is 1. The maximum atomic E-state index is 11.3. The van der Waals surface area contributed by atoms with Crippen molar-refractivity contribution in [2.24, 2.45) is 0 Å². The average Bonchev–Trinajstić information content (AvgIpc) is 2.70. The SMILES string of the molecule is COCCOCCOCCOCCOCCOCCOCCONC(=O)OC(C)(C)C. The number of carbonyl (C=O) groups is 1. The van der Waals surface area contributed by atoms with E-state index in [4.69, 9.17) is 42.7 Å². The fraction of sp³-hybridized carbons (Fsp3) is 0.950. The maximum absolute atomic E-state index is 11.3. The Morgan fingerprint density at radius 1 is 0.581 bits per heavy atom. The van der Waals surface area contributed by atoms with Crippen LogP contribution in [0.2, 0.25) is 0 Å². The molecule has 0 heterocycles. The van der Waals surface area contributed by atoms with E-state index in [9.17, 15) is 4.79 Å². The predicted molar refractivity (Wildman–Crippen MR) is 112 cm³/mol. The van der Waals surface area contributed by atoms with Gasteiger partial charge in [-0.3, -0.25) is 4.84 Å². The van der Waals surface area contributed by atoms with E-state index in [1.54, 1.807) is 27.9 Å². The lowest BCUT2D eigenvalue weighted by molar-refractivity contribution is -0.0379. The van der Waals surface area contributed by atoms with E-state index in [1.807, 2.05) is 0 Å². The number of hydroxylamine groups is 1. The molecule has 11 heteroatoms. The van der Waals surface area contributed by atoms with Gasteiger partial charge in [-0.2, -0.15) is 5.48 Å². The number of amides is 1. The quantitative estimate of drug-likeness (QED) is 0.189. The number of hydrogen-bond donors (Lipinski definition) is 1. The molecule has 1 N–H and O–H groups in total. The summed E-state index contributed by atoms with van der Waals surface area (Å²) in [6, 6.07) is 0. The Balaban J connectivity index is 3.10. The molecule has 0 spiro atoms. The number of ether oxygens (including phenoxy) is 8. The van der Waals surface area contributed by atoms with E-state index >= 15 is 0 Å². The smallest absolute Gasteiger partial charge is 0.431 e. The second kappa shape index (κ2) is 22.2. The van der Waals surface area contributed by atoms with Crippen molar-refractivity contribution in [2.45, 2.75) is 26.4 Å². The van der Waals surface area contributed by atoms with E-state index in [-0.39, 0.29) is 6.61 Å². The van der Waals surface area contributed by atoms with Gasteiger partial charge in [0, 0.05) is 7.11 Å². The van der Waals surface area contributed by atoms with Gasteiger partial charge in [-0.15, -0.1) is 0 Å². The fourth-order valence-electron chi connectivity index (χ4n) is 1.85. The molecule has 0 atom stereocenters. The summed E-state index contributed by atoms with van der Waals surface area (Å²) < 4.78 is 42.0. The Labute approximate surface area is 185 Å². The zero-order chi connectivity index (χ0) is 23.0. The molecule has 0 aromatic rings. The Morgan fingerprint density at radius 3 is 1.23 bits per heavy atom. The van der Waals surface area contributed by atoms with Crippen molar-refractivity contribution >= 4 is 6.09 Å². The monoisotopic (exact) mass is 455 g/mol. The van der Waals surface area contributed by atoms with Crippen molar-refractivity contribution in [3.05, 3.63) is 0 Å². The van der Waals surface area contributed by atoms with Crippen molar-refractivity contribution in [3.8, 4) is 0 Å². The van der Waals surface area contributed by atoms with Gasteiger partial charge < -0.3 is 37.9 Å². The number of nitrogens with one attached hydrogen (secondary N) is 1. The minimum Gasteiger partial charge on any atom is -0.442 e. The van der Waals surface area contributed by atoms with Crippen LogP contribution in [0.5, 0.6) is 0 Å². The Bertz CT molecular complexity index is 393. The first-order valence-corrected chi connectivity index (χ1v) is 10.5. The summed E-state index contributed by atoms with van der Waals surface area (Å²) in [5.74, 6) is 0. The third-order valence-electron chi connectivity index (χ3n) is 3.18. The summed E-state index contributed by atoms with van der Waals surface area (Å²) in [7, 11) is 1.64. The topological polar surface area (TPSA) is 112 Å². The normalized spacial score (nSPS) is 11.6. The fourth-order valence-corrected chi connectivity index (χ4v) is 1.85. The second-order valence-electron chi connectivity index (χ2n) is 7.12. The van der Waals surface area contributed by atoms with E-state index in [1.165, 1.54) is 0 Å². The minimum absolute atomic E-state index is 0.218. The molecule has 0 saturated heterocycles. The van der Waals surface area contributed by atoms with Crippen LogP contribution in [-0.2, 0) is 42.7 Å². The van der Waals surface area contributed by atoms with E-state index < -0.39 is 11.7 Å². The summed E-state index contributed by atoms with van der Waals surface area (Å²) >= 11 is 0. The summed E-state index contributed by atoms with van der Waals surface area (Å²) in [6.07, 6.45) is -0.630. The molecule has 11 nitrogen and oxygen atoms in total. The molecule has 0 aliphatic rings. The Hall–Kier alpha value is -1.05. The highest BCUT2D eigenvalue weighted by molar-refractivity contribution is 5.66. The van der Waals surface area contributed by atoms with Gasteiger partial charge >= 0.3 is 6.09 Å². The highest BCUT2D eigenvalue weighted by atomic mass is 16.7.